The maximum Gasteiger partial charge on any atom is 0.271 e. The van der Waals surface area contributed by atoms with Gasteiger partial charge in [-0.05, 0) is 52.7 Å². The fourth-order valence-electron chi connectivity index (χ4n) is 1.55. The van der Waals surface area contributed by atoms with Gasteiger partial charge in [-0.3, -0.25) is 9.52 Å². The van der Waals surface area contributed by atoms with Gasteiger partial charge in [-0.25, -0.2) is 12.8 Å². The van der Waals surface area contributed by atoms with E-state index in [0.29, 0.717) is 3.79 Å². The van der Waals surface area contributed by atoms with Crippen molar-refractivity contribution in [2.24, 2.45) is 5.73 Å². The van der Waals surface area contributed by atoms with E-state index >= 15 is 0 Å². The van der Waals surface area contributed by atoms with Gasteiger partial charge in [-0.1, -0.05) is 0 Å². The van der Waals surface area contributed by atoms with Crippen LogP contribution in [0.2, 0.25) is 0 Å². The van der Waals surface area contributed by atoms with E-state index in [1.807, 2.05) is 0 Å². The number of nitrogens with one attached hydrogen (secondary N) is 1. The van der Waals surface area contributed by atoms with Crippen LogP contribution in [0.4, 0.5) is 10.1 Å². The SMILES string of the molecule is Cc1cc(S(=O)(=O)Nc2ccc(F)c(C(N)=O)c2)sc1Br. The van der Waals surface area contributed by atoms with Gasteiger partial charge in [0.25, 0.3) is 15.9 Å². The third kappa shape index (κ3) is 3.42. The number of hydrogen-bond donors (Lipinski definition) is 2. The Kier molecular flexibility index (Phi) is 4.35. The number of aryl methyl sites for hydroxylation is 1. The summed E-state index contributed by atoms with van der Waals surface area (Å²) in [5.41, 5.74) is 5.50. The number of carbonyl (C=O) groups is 1. The molecule has 0 aliphatic heterocycles. The zero-order valence-corrected chi connectivity index (χ0v) is 13.9. The van der Waals surface area contributed by atoms with Crippen molar-refractivity contribution in [1.82, 2.24) is 0 Å². The summed E-state index contributed by atoms with van der Waals surface area (Å²) in [6.45, 7) is 1.77. The standard InChI is InChI=1S/C12H10BrFN2O3S2/c1-6-4-10(20-11(6)13)21(18,19)16-7-2-3-9(14)8(5-7)12(15)17/h2-5,16H,1H3,(H2,15,17). The van der Waals surface area contributed by atoms with E-state index in [2.05, 4.69) is 20.7 Å². The third-order valence-corrected chi connectivity index (χ3v) is 6.57. The lowest BCUT2D eigenvalue weighted by molar-refractivity contribution is 0.0996. The van der Waals surface area contributed by atoms with Crippen LogP contribution in [0.25, 0.3) is 0 Å². The first-order valence-corrected chi connectivity index (χ1v) is 8.68. The molecule has 0 bridgehead atoms. The van der Waals surface area contributed by atoms with Gasteiger partial charge in [0, 0.05) is 5.69 Å². The normalized spacial score (nSPS) is 11.4. The summed E-state index contributed by atoms with van der Waals surface area (Å²) in [6, 6.07) is 4.77. The Labute approximate surface area is 133 Å². The van der Waals surface area contributed by atoms with Gasteiger partial charge in [0.1, 0.15) is 10.0 Å². The number of carbonyl (C=O) groups excluding carboxylic acids is 1. The largest absolute Gasteiger partial charge is 0.366 e. The van der Waals surface area contributed by atoms with E-state index in [1.165, 1.54) is 12.1 Å². The van der Waals surface area contributed by atoms with Crippen molar-refractivity contribution >= 4 is 48.9 Å². The molecule has 0 fully saturated rings. The topological polar surface area (TPSA) is 89.3 Å². The van der Waals surface area contributed by atoms with Crippen molar-refractivity contribution in [2.75, 3.05) is 4.72 Å². The van der Waals surface area contributed by atoms with Crippen LogP contribution in [0.5, 0.6) is 0 Å². The maximum absolute atomic E-state index is 13.4. The van der Waals surface area contributed by atoms with Crippen LogP contribution in [-0.4, -0.2) is 14.3 Å². The zero-order chi connectivity index (χ0) is 15.8. The summed E-state index contributed by atoms with van der Waals surface area (Å²) < 4.78 is 40.9. The molecule has 3 N–H and O–H groups in total. The minimum Gasteiger partial charge on any atom is -0.366 e. The summed E-state index contributed by atoms with van der Waals surface area (Å²) >= 11 is 4.30. The quantitative estimate of drug-likeness (QED) is 0.837. The van der Waals surface area contributed by atoms with Gasteiger partial charge in [0.2, 0.25) is 0 Å². The Morgan fingerprint density at radius 1 is 1.38 bits per heavy atom. The molecule has 0 aliphatic carbocycles. The molecule has 0 radical (unpaired) electrons. The van der Waals surface area contributed by atoms with Gasteiger partial charge >= 0.3 is 0 Å². The van der Waals surface area contributed by atoms with Crippen molar-refractivity contribution < 1.29 is 17.6 Å². The maximum atomic E-state index is 13.4. The van der Waals surface area contributed by atoms with Gasteiger partial charge in [-0.2, -0.15) is 0 Å². The number of nitrogens with two attached hydrogens (primary N) is 1. The number of hydrogen-bond acceptors (Lipinski definition) is 4. The first-order chi connectivity index (χ1) is 9.70. The highest BCUT2D eigenvalue weighted by molar-refractivity contribution is 9.11. The molecule has 1 aromatic heterocycles. The molecule has 2 rings (SSSR count). The van der Waals surface area contributed by atoms with Crippen molar-refractivity contribution in [3.63, 3.8) is 0 Å². The molecule has 0 atom stereocenters. The van der Waals surface area contributed by atoms with E-state index < -0.39 is 21.7 Å². The molecule has 112 valence electrons. The number of rotatable bonds is 4. The monoisotopic (exact) mass is 392 g/mol. The number of amides is 1. The van der Waals surface area contributed by atoms with Crippen molar-refractivity contribution in [3.8, 4) is 0 Å². The Morgan fingerprint density at radius 3 is 2.57 bits per heavy atom. The Morgan fingerprint density at radius 2 is 2.05 bits per heavy atom. The smallest absolute Gasteiger partial charge is 0.271 e. The fraction of sp³-hybridized carbons (Fsp3) is 0.0833. The van der Waals surface area contributed by atoms with Gasteiger partial charge in [0.15, 0.2) is 0 Å². The Balaban J connectivity index is 2.37. The first-order valence-electron chi connectivity index (χ1n) is 5.59. The average molecular weight is 393 g/mol. The van der Waals surface area contributed by atoms with Crippen LogP contribution in [0, 0.1) is 12.7 Å². The van der Waals surface area contributed by atoms with Crippen LogP contribution >= 0.6 is 27.3 Å². The molecular formula is C12H10BrFN2O3S2. The molecule has 1 amide bonds. The average Bonchev–Trinajstić information content (AvgIpc) is 2.72. The highest BCUT2D eigenvalue weighted by Gasteiger charge is 2.19. The van der Waals surface area contributed by atoms with Crippen molar-refractivity contribution in [2.45, 2.75) is 11.1 Å². The molecular weight excluding hydrogens is 383 g/mol. The van der Waals surface area contributed by atoms with Gasteiger partial charge in [0.05, 0.1) is 9.35 Å². The van der Waals surface area contributed by atoms with Crippen LogP contribution in [0.3, 0.4) is 0 Å². The molecule has 0 spiro atoms. The summed E-state index contributed by atoms with van der Waals surface area (Å²) in [4.78, 5) is 11.1. The van der Waals surface area contributed by atoms with Gasteiger partial charge < -0.3 is 5.73 Å². The van der Waals surface area contributed by atoms with Crippen molar-refractivity contribution in [3.05, 3.63) is 45.0 Å². The number of sulfonamides is 1. The van der Waals surface area contributed by atoms with Crippen molar-refractivity contribution in [1.29, 1.82) is 0 Å². The number of halogens is 2. The lowest BCUT2D eigenvalue weighted by Gasteiger charge is -2.07. The zero-order valence-electron chi connectivity index (χ0n) is 10.7. The van der Waals surface area contributed by atoms with Crippen LogP contribution < -0.4 is 10.5 Å². The minimum atomic E-state index is -3.81. The first kappa shape index (κ1) is 15.9. The lowest BCUT2D eigenvalue weighted by atomic mass is 10.2. The number of thiophene rings is 1. The second kappa shape index (κ2) is 5.74. The minimum absolute atomic E-state index is 0.0624. The summed E-state index contributed by atoms with van der Waals surface area (Å²) in [5.74, 6) is -1.77. The highest BCUT2D eigenvalue weighted by atomic mass is 79.9. The second-order valence-corrected chi connectivity index (χ2v) is 8.47. The highest BCUT2D eigenvalue weighted by Crippen LogP contribution is 2.31. The Bertz CT molecular complexity index is 798. The number of benzene rings is 1. The summed E-state index contributed by atoms with van der Waals surface area (Å²) in [6.07, 6.45) is 0. The lowest BCUT2D eigenvalue weighted by Crippen LogP contribution is -2.15. The molecule has 21 heavy (non-hydrogen) atoms. The Hall–Kier alpha value is -1.45. The molecule has 1 heterocycles. The second-order valence-electron chi connectivity index (χ2n) is 4.19. The molecule has 0 aliphatic rings. The third-order valence-electron chi connectivity index (χ3n) is 2.58. The predicted octanol–water partition coefficient (Wildman–Crippen LogP) is 2.86. The van der Waals surface area contributed by atoms with E-state index in [4.69, 9.17) is 5.73 Å². The van der Waals surface area contributed by atoms with Crippen LogP contribution in [0.15, 0.2) is 32.3 Å². The molecule has 0 saturated heterocycles. The van der Waals surface area contributed by atoms with Gasteiger partial charge in [-0.15, -0.1) is 11.3 Å². The van der Waals surface area contributed by atoms with E-state index in [1.54, 1.807) is 6.92 Å². The molecule has 0 unspecified atom stereocenters. The predicted molar refractivity (Wildman–Crippen MR) is 82.5 cm³/mol. The molecule has 1 aromatic carbocycles. The number of primary amides is 1. The number of anilines is 1. The van der Waals surface area contributed by atoms with Crippen LogP contribution in [0.1, 0.15) is 15.9 Å². The fourth-order valence-corrected chi connectivity index (χ4v) is 4.82. The molecule has 0 saturated carbocycles. The van der Waals surface area contributed by atoms with E-state index in [0.717, 1.165) is 29.0 Å². The summed E-state index contributed by atoms with van der Waals surface area (Å²) in [5, 5.41) is 0. The summed E-state index contributed by atoms with van der Waals surface area (Å²) in [7, 11) is -3.81. The molecule has 2 aromatic rings. The molecule has 9 heteroatoms. The van der Waals surface area contributed by atoms with Crippen LogP contribution in [-0.2, 0) is 10.0 Å². The molecule has 5 nitrogen and oxygen atoms in total. The van der Waals surface area contributed by atoms with E-state index in [9.17, 15) is 17.6 Å². The van der Waals surface area contributed by atoms with E-state index in [-0.39, 0.29) is 15.5 Å².